The van der Waals surface area contributed by atoms with E-state index in [2.05, 4.69) is 40.7 Å². The first-order valence-corrected chi connectivity index (χ1v) is 7.98. The second-order valence-electron chi connectivity index (χ2n) is 6.67. The molecule has 0 saturated carbocycles. The molecule has 3 aromatic rings. The minimum Gasteiger partial charge on any atom is -0.469 e. The van der Waals surface area contributed by atoms with Crippen LogP contribution >= 0.6 is 11.6 Å². The summed E-state index contributed by atoms with van der Waals surface area (Å²) in [6.45, 7) is 6.17. The molecule has 0 fully saturated rings. The van der Waals surface area contributed by atoms with E-state index in [9.17, 15) is 4.79 Å². The van der Waals surface area contributed by atoms with Crippen molar-refractivity contribution in [3.05, 3.63) is 40.5 Å². The summed E-state index contributed by atoms with van der Waals surface area (Å²) in [5.74, 6) is 0.408. The lowest BCUT2D eigenvalue weighted by Crippen LogP contribution is -2.12. The van der Waals surface area contributed by atoms with Crippen LogP contribution in [-0.2, 0) is 21.4 Å². The molecule has 0 amide bonds. The van der Waals surface area contributed by atoms with Gasteiger partial charge in [-0.25, -0.2) is 0 Å². The van der Waals surface area contributed by atoms with Gasteiger partial charge in [0.1, 0.15) is 5.02 Å². The van der Waals surface area contributed by atoms with Gasteiger partial charge in [0.2, 0.25) is 0 Å². The quantitative estimate of drug-likeness (QED) is 0.738. The molecule has 126 valence electrons. The Hall–Kier alpha value is -2.34. The first kappa shape index (κ1) is 16.5. The van der Waals surface area contributed by atoms with E-state index in [4.69, 9.17) is 11.6 Å². The topological polar surface area (TPSA) is 72.3 Å². The maximum atomic E-state index is 11.3. The van der Waals surface area contributed by atoms with Crippen LogP contribution < -0.4 is 0 Å². The number of hydrogen-bond acceptors (Lipinski definition) is 4. The largest absolute Gasteiger partial charge is 0.469 e. The van der Waals surface area contributed by atoms with Crippen LogP contribution in [0.15, 0.2) is 24.3 Å². The monoisotopic (exact) mass is 346 g/mol. The van der Waals surface area contributed by atoms with Gasteiger partial charge < -0.3 is 9.72 Å². The van der Waals surface area contributed by atoms with Gasteiger partial charge in [-0.1, -0.05) is 56.6 Å². The molecule has 0 unspecified atom stereocenters. The van der Waals surface area contributed by atoms with Crippen LogP contribution in [0.4, 0.5) is 0 Å². The summed E-state index contributed by atoms with van der Waals surface area (Å²) in [7, 11) is 1.38. The number of carbonyl (C=O) groups excluding carboxylic acids is 1. The molecule has 3 rings (SSSR count). The van der Waals surface area contributed by atoms with Crippen LogP contribution in [0.1, 0.15) is 32.0 Å². The molecule has 0 aliphatic carbocycles. The summed E-state index contributed by atoms with van der Waals surface area (Å²) in [4.78, 5) is 14.5. The molecule has 7 heteroatoms. The number of aromatic nitrogens is 4. The van der Waals surface area contributed by atoms with Gasteiger partial charge in [0.15, 0.2) is 11.5 Å². The molecule has 0 saturated heterocycles. The molecule has 2 aromatic heterocycles. The van der Waals surface area contributed by atoms with Crippen LogP contribution in [0.25, 0.3) is 17.0 Å². The molecule has 1 aromatic carbocycles. The normalized spacial score (nSPS) is 11.9. The Morgan fingerprint density at radius 1 is 1.25 bits per heavy atom. The van der Waals surface area contributed by atoms with E-state index in [0.29, 0.717) is 16.5 Å². The number of nitrogens with one attached hydrogen (secondary N) is 1. The molecule has 0 spiro atoms. The first-order chi connectivity index (χ1) is 11.3. The number of ether oxygens (including phenoxy) is 1. The van der Waals surface area contributed by atoms with Crippen molar-refractivity contribution in [2.75, 3.05) is 7.11 Å². The highest BCUT2D eigenvalue weighted by molar-refractivity contribution is 6.34. The lowest BCUT2D eigenvalue weighted by molar-refractivity contribution is -0.139. The predicted octanol–water partition coefficient (Wildman–Crippen LogP) is 3.39. The van der Waals surface area contributed by atoms with E-state index in [-0.39, 0.29) is 17.8 Å². The summed E-state index contributed by atoms with van der Waals surface area (Å²) < 4.78 is 6.19. The van der Waals surface area contributed by atoms with E-state index in [1.807, 2.05) is 24.3 Å². The van der Waals surface area contributed by atoms with Crippen molar-refractivity contribution in [2.24, 2.45) is 0 Å². The molecule has 0 aliphatic rings. The highest BCUT2D eigenvalue weighted by Crippen LogP contribution is 2.31. The number of fused-ring (bicyclic) bond motifs is 1. The number of rotatable bonds is 3. The Kier molecular flexibility index (Phi) is 4.09. The number of esters is 1. The molecular weight excluding hydrogens is 328 g/mol. The fourth-order valence-corrected chi connectivity index (χ4v) is 2.87. The number of methoxy groups -OCH3 is 1. The summed E-state index contributed by atoms with van der Waals surface area (Å²) in [6, 6.07) is 7.55. The number of halogens is 1. The van der Waals surface area contributed by atoms with Gasteiger partial charge in [0.05, 0.1) is 19.2 Å². The standard InChI is InChI=1S/C17H19ClN4O2/c1-17(2,3)14-13(18)16-19-15(21-22(16)20-14)11-7-5-10(6-8-11)9-12(23)24-4/h5-8H,9H2,1-4H3,(H,19,21). The zero-order chi connectivity index (χ0) is 17.5. The van der Waals surface area contributed by atoms with E-state index >= 15 is 0 Å². The SMILES string of the molecule is COC(=O)Cc1ccc(-c2nn3nc(C(C)(C)C)c(Cl)c3[nH]2)cc1. The smallest absolute Gasteiger partial charge is 0.309 e. The lowest BCUT2D eigenvalue weighted by Gasteiger charge is -2.14. The number of hydrogen-bond donors (Lipinski definition) is 1. The third kappa shape index (κ3) is 3.01. The summed E-state index contributed by atoms with van der Waals surface area (Å²) in [5, 5.41) is 9.52. The number of nitrogens with zero attached hydrogens (tertiary/aromatic N) is 3. The van der Waals surface area contributed by atoms with Gasteiger partial charge in [-0.15, -0.1) is 9.73 Å². The Morgan fingerprint density at radius 3 is 2.46 bits per heavy atom. The summed E-state index contributed by atoms with van der Waals surface area (Å²) in [6.07, 6.45) is 0.249. The van der Waals surface area contributed by atoms with Crippen molar-refractivity contribution in [3.8, 4) is 11.4 Å². The highest BCUT2D eigenvalue weighted by atomic mass is 35.5. The maximum Gasteiger partial charge on any atom is 0.309 e. The van der Waals surface area contributed by atoms with E-state index in [1.165, 1.54) is 11.7 Å². The average molecular weight is 347 g/mol. The van der Waals surface area contributed by atoms with Crippen molar-refractivity contribution in [1.29, 1.82) is 0 Å². The molecule has 0 radical (unpaired) electrons. The zero-order valence-electron chi connectivity index (χ0n) is 14.1. The fraction of sp³-hybridized carbons (Fsp3) is 0.353. The minimum absolute atomic E-state index is 0.151. The predicted molar refractivity (Wildman–Crippen MR) is 92.2 cm³/mol. The van der Waals surface area contributed by atoms with Crippen molar-refractivity contribution in [3.63, 3.8) is 0 Å². The van der Waals surface area contributed by atoms with Crippen LogP contribution in [0, 0.1) is 0 Å². The number of benzene rings is 1. The van der Waals surface area contributed by atoms with Crippen LogP contribution in [0.5, 0.6) is 0 Å². The minimum atomic E-state index is -0.263. The number of aromatic amines is 1. The van der Waals surface area contributed by atoms with Crippen molar-refractivity contribution < 1.29 is 9.53 Å². The molecule has 2 heterocycles. The maximum absolute atomic E-state index is 11.3. The van der Waals surface area contributed by atoms with E-state index < -0.39 is 0 Å². The first-order valence-electron chi connectivity index (χ1n) is 7.60. The van der Waals surface area contributed by atoms with Crippen LogP contribution in [0.2, 0.25) is 5.02 Å². The van der Waals surface area contributed by atoms with Gasteiger partial charge in [-0.05, 0) is 5.56 Å². The summed E-state index contributed by atoms with van der Waals surface area (Å²) in [5.41, 5.74) is 3.11. The van der Waals surface area contributed by atoms with Crippen LogP contribution in [-0.4, -0.2) is 32.9 Å². The van der Waals surface area contributed by atoms with Crippen LogP contribution in [0.3, 0.4) is 0 Å². The molecule has 6 nitrogen and oxygen atoms in total. The Labute approximate surface area is 144 Å². The molecule has 1 N–H and O–H groups in total. The number of H-pyrrole nitrogens is 1. The van der Waals surface area contributed by atoms with Crippen molar-refractivity contribution in [2.45, 2.75) is 32.6 Å². The Bertz CT molecular complexity index is 888. The Morgan fingerprint density at radius 2 is 1.92 bits per heavy atom. The third-order valence-electron chi connectivity index (χ3n) is 3.76. The third-order valence-corrected chi connectivity index (χ3v) is 4.11. The second-order valence-corrected chi connectivity index (χ2v) is 7.05. The van der Waals surface area contributed by atoms with Gasteiger partial charge in [-0.3, -0.25) is 4.79 Å². The van der Waals surface area contributed by atoms with Gasteiger partial charge in [0, 0.05) is 11.0 Å². The van der Waals surface area contributed by atoms with E-state index in [0.717, 1.165) is 16.8 Å². The molecular formula is C17H19ClN4O2. The molecule has 0 aliphatic heterocycles. The van der Waals surface area contributed by atoms with Gasteiger partial charge in [-0.2, -0.15) is 5.10 Å². The number of carbonyl (C=O) groups is 1. The second kappa shape index (κ2) is 5.94. The lowest BCUT2D eigenvalue weighted by atomic mass is 9.92. The summed E-state index contributed by atoms with van der Waals surface area (Å²) >= 11 is 6.44. The molecule has 24 heavy (non-hydrogen) atoms. The van der Waals surface area contributed by atoms with Crippen molar-refractivity contribution in [1.82, 2.24) is 19.8 Å². The van der Waals surface area contributed by atoms with E-state index in [1.54, 1.807) is 0 Å². The van der Waals surface area contributed by atoms with Gasteiger partial charge >= 0.3 is 5.97 Å². The van der Waals surface area contributed by atoms with Crippen molar-refractivity contribution >= 4 is 23.2 Å². The fourth-order valence-electron chi connectivity index (χ4n) is 2.43. The molecule has 0 bridgehead atoms. The Balaban J connectivity index is 1.91. The van der Waals surface area contributed by atoms with Gasteiger partial charge in [0.25, 0.3) is 0 Å². The average Bonchev–Trinajstić information content (AvgIpc) is 3.07. The molecule has 0 atom stereocenters. The zero-order valence-corrected chi connectivity index (χ0v) is 14.8. The highest BCUT2D eigenvalue weighted by Gasteiger charge is 2.25.